The lowest BCUT2D eigenvalue weighted by molar-refractivity contribution is 0.414. The van der Waals surface area contributed by atoms with Gasteiger partial charge in [-0.15, -0.1) is 18.3 Å². The maximum atomic E-state index is 5.59. The molecule has 0 unspecified atom stereocenters. The van der Waals surface area contributed by atoms with Crippen LogP contribution >= 0.6 is 27.7 Å². The van der Waals surface area contributed by atoms with Crippen molar-refractivity contribution < 1.29 is 9.15 Å². The van der Waals surface area contributed by atoms with E-state index >= 15 is 0 Å². The number of methoxy groups -OCH3 is 1. The molecule has 1 aliphatic heterocycles. The first-order valence-corrected chi connectivity index (χ1v) is 9.31. The normalized spacial score (nSPS) is 23.2. The minimum absolute atomic E-state index is 0.0463. The Bertz CT molecular complexity index is 715. The fourth-order valence-corrected chi connectivity index (χ4v) is 4.07. The summed E-state index contributed by atoms with van der Waals surface area (Å²) in [6.07, 6.45) is 5.69. The van der Waals surface area contributed by atoms with Crippen molar-refractivity contribution in [1.82, 2.24) is 10.6 Å². The molecular weight excluding hydrogens is 388 g/mol. The summed E-state index contributed by atoms with van der Waals surface area (Å²) in [6.45, 7) is 3.80. The van der Waals surface area contributed by atoms with Crippen LogP contribution in [0.4, 0.5) is 0 Å². The molecule has 0 amide bonds. The number of thioether (sulfide) groups is 1. The summed E-state index contributed by atoms with van der Waals surface area (Å²) in [6, 6.07) is 11.8. The summed E-state index contributed by atoms with van der Waals surface area (Å²) in [5.74, 6) is 2.50. The molecule has 2 atom stereocenters. The van der Waals surface area contributed by atoms with Gasteiger partial charge in [-0.05, 0) is 64.0 Å². The molecule has 2 aromatic rings. The van der Waals surface area contributed by atoms with Crippen molar-refractivity contribution in [3.63, 3.8) is 0 Å². The number of alkyl halides is 1. The second-order valence-electron chi connectivity index (χ2n) is 5.27. The number of nitrogens with one attached hydrogen (secondary N) is 2. The lowest BCUT2D eigenvalue weighted by Gasteiger charge is -2.38. The molecule has 6 heteroatoms. The number of benzene rings is 1. The van der Waals surface area contributed by atoms with E-state index in [1.807, 2.05) is 42.5 Å². The van der Waals surface area contributed by atoms with Gasteiger partial charge in [-0.25, -0.2) is 0 Å². The summed E-state index contributed by atoms with van der Waals surface area (Å²) < 4.78 is 10.3. The highest BCUT2D eigenvalue weighted by Crippen LogP contribution is 2.37. The lowest BCUT2D eigenvalue weighted by Crippen LogP contribution is -2.52. The lowest BCUT2D eigenvalue weighted by atomic mass is 10.1. The van der Waals surface area contributed by atoms with Crippen molar-refractivity contribution >= 4 is 33.4 Å². The number of halogens is 1. The highest BCUT2D eigenvalue weighted by atomic mass is 79.9. The monoisotopic (exact) mass is 406 g/mol. The van der Waals surface area contributed by atoms with E-state index in [-0.39, 0.29) is 6.04 Å². The molecule has 0 saturated carbocycles. The molecule has 1 aromatic carbocycles. The zero-order valence-electron chi connectivity index (χ0n) is 13.3. The Labute approximate surface area is 154 Å². The van der Waals surface area contributed by atoms with Gasteiger partial charge in [0.15, 0.2) is 3.90 Å². The first kappa shape index (κ1) is 17.2. The number of hydrogen-bond donors (Lipinski definition) is 2. The van der Waals surface area contributed by atoms with Gasteiger partial charge in [-0.1, -0.05) is 6.08 Å². The largest absolute Gasteiger partial charge is 0.497 e. The van der Waals surface area contributed by atoms with Crippen LogP contribution in [0.3, 0.4) is 0 Å². The predicted octanol–water partition coefficient (Wildman–Crippen LogP) is 4.49. The first-order valence-electron chi connectivity index (χ1n) is 7.53. The maximum Gasteiger partial charge on any atom is 0.195 e. The third-order valence-electron chi connectivity index (χ3n) is 3.62. The summed E-state index contributed by atoms with van der Waals surface area (Å²) in [5, 5.41) is 7.02. The zero-order valence-corrected chi connectivity index (χ0v) is 15.7. The molecule has 0 bridgehead atoms. The van der Waals surface area contributed by atoms with Crippen LogP contribution in [0.2, 0.25) is 0 Å². The van der Waals surface area contributed by atoms with Crippen LogP contribution in [0.5, 0.6) is 5.75 Å². The maximum absolute atomic E-state index is 5.59. The van der Waals surface area contributed by atoms with Crippen LogP contribution in [0.25, 0.3) is 5.70 Å². The minimum Gasteiger partial charge on any atom is -0.497 e. The average Bonchev–Trinajstić information content (AvgIpc) is 3.14. The smallest absolute Gasteiger partial charge is 0.195 e. The molecular formula is C18H19BrN2O2S. The fourth-order valence-electron chi connectivity index (χ4n) is 2.47. The van der Waals surface area contributed by atoms with Crippen LogP contribution in [-0.4, -0.2) is 16.8 Å². The SMILES string of the molecule is C=CCS[C@@]1(Br)NC(c2ccc(OC)cc2)=C[C@H](c2ccco2)N1. The van der Waals surface area contributed by atoms with E-state index in [0.717, 1.165) is 28.5 Å². The van der Waals surface area contributed by atoms with Crippen molar-refractivity contribution in [3.05, 3.63) is 72.7 Å². The van der Waals surface area contributed by atoms with E-state index < -0.39 is 3.90 Å². The molecule has 126 valence electrons. The van der Waals surface area contributed by atoms with Crippen molar-refractivity contribution in [2.75, 3.05) is 12.9 Å². The minimum atomic E-state index is -0.511. The van der Waals surface area contributed by atoms with Gasteiger partial charge in [0, 0.05) is 11.4 Å². The Morgan fingerprint density at radius 2 is 2.17 bits per heavy atom. The van der Waals surface area contributed by atoms with Crippen molar-refractivity contribution in [2.45, 2.75) is 9.95 Å². The molecule has 2 heterocycles. The second-order valence-corrected chi connectivity index (χ2v) is 8.21. The van der Waals surface area contributed by atoms with E-state index in [2.05, 4.69) is 39.2 Å². The van der Waals surface area contributed by atoms with E-state index in [1.54, 1.807) is 25.1 Å². The van der Waals surface area contributed by atoms with Gasteiger partial charge in [0.1, 0.15) is 11.5 Å². The van der Waals surface area contributed by atoms with Gasteiger partial charge in [0.25, 0.3) is 0 Å². The first-order chi connectivity index (χ1) is 11.6. The molecule has 2 N–H and O–H groups in total. The second kappa shape index (κ2) is 7.51. The van der Waals surface area contributed by atoms with Gasteiger partial charge in [-0.3, -0.25) is 5.32 Å². The van der Waals surface area contributed by atoms with Crippen LogP contribution in [0.1, 0.15) is 17.4 Å². The van der Waals surface area contributed by atoms with Crippen LogP contribution < -0.4 is 15.4 Å². The van der Waals surface area contributed by atoms with Gasteiger partial charge < -0.3 is 14.5 Å². The Morgan fingerprint density at radius 3 is 2.79 bits per heavy atom. The zero-order chi connectivity index (χ0) is 17.0. The van der Waals surface area contributed by atoms with Crippen LogP contribution in [0, 0.1) is 0 Å². The van der Waals surface area contributed by atoms with Crippen molar-refractivity contribution in [2.24, 2.45) is 0 Å². The molecule has 0 fully saturated rings. The van der Waals surface area contributed by atoms with Crippen molar-refractivity contribution in [3.8, 4) is 5.75 Å². The molecule has 0 saturated heterocycles. The molecule has 1 aromatic heterocycles. The van der Waals surface area contributed by atoms with Gasteiger partial charge in [0.2, 0.25) is 0 Å². The molecule has 3 rings (SSSR count). The number of rotatable bonds is 6. The topological polar surface area (TPSA) is 46.4 Å². The van der Waals surface area contributed by atoms with Gasteiger partial charge in [-0.2, -0.15) is 0 Å². The van der Waals surface area contributed by atoms with E-state index in [1.165, 1.54) is 0 Å². The molecule has 0 aliphatic carbocycles. The highest BCUT2D eigenvalue weighted by Gasteiger charge is 2.35. The van der Waals surface area contributed by atoms with Gasteiger partial charge in [0.05, 0.1) is 19.4 Å². The molecule has 24 heavy (non-hydrogen) atoms. The third-order valence-corrected chi connectivity index (χ3v) is 5.75. The summed E-state index contributed by atoms with van der Waals surface area (Å²) in [4.78, 5) is 0. The molecule has 0 spiro atoms. The molecule has 0 radical (unpaired) electrons. The van der Waals surface area contributed by atoms with E-state index in [0.29, 0.717) is 0 Å². The van der Waals surface area contributed by atoms with E-state index in [4.69, 9.17) is 9.15 Å². The summed E-state index contributed by atoms with van der Waals surface area (Å²) in [5.41, 5.74) is 2.10. The third kappa shape index (κ3) is 3.88. The fraction of sp³-hybridized carbons (Fsp3) is 0.222. The summed E-state index contributed by atoms with van der Waals surface area (Å²) >= 11 is 5.45. The molecule has 4 nitrogen and oxygen atoms in total. The number of ether oxygens (including phenoxy) is 1. The predicted molar refractivity (Wildman–Crippen MR) is 103 cm³/mol. The standard InChI is InChI=1S/C18H19BrN2O2S/c1-3-11-24-18(19)20-15(13-6-8-14(22-2)9-7-13)12-16(21-18)17-5-4-10-23-17/h3-10,12,16,20-21H,1,11H2,2H3/t16-,18+/m1/s1. The molecule has 1 aliphatic rings. The number of hydrogen-bond acceptors (Lipinski definition) is 5. The average molecular weight is 407 g/mol. The Hall–Kier alpha value is -1.63. The highest BCUT2D eigenvalue weighted by molar-refractivity contribution is 9.11. The number of furan rings is 1. The summed E-state index contributed by atoms with van der Waals surface area (Å²) in [7, 11) is 1.67. The Balaban J connectivity index is 1.93. The Morgan fingerprint density at radius 1 is 1.38 bits per heavy atom. The van der Waals surface area contributed by atoms with Gasteiger partial charge >= 0.3 is 0 Å². The van der Waals surface area contributed by atoms with Crippen molar-refractivity contribution in [1.29, 1.82) is 0 Å². The Kier molecular flexibility index (Phi) is 5.38. The quantitative estimate of drug-likeness (QED) is 0.420. The van der Waals surface area contributed by atoms with Crippen LogP contribution in [0.15, 0.2) is 65.8 Å². The van der Waals surface area contributed by atoms with E-state index in [9.17, 15) is 0 Å². The van der Waals surface area contributed by atoms with Crippen LogP contribution in [-0.2, 0) is 0 Å².